The second-order valence-electron chi connectivity index (χ2n) is 3.13. The van der Waals surface area contributed by atoms with Crippen molar-refractivity contribution in [2.24, 2.45) is 0 Å². The summed E-state index contributed by atoms with van der Waals surface area (Å²) in [6.45, 7) is 0. The lowest BCUT2D eigenvalue weighted by molar-refractivity contribution is 0.407. The molecule has 0 fully saturated rings. The van der Waals surface area contributed by atoms with Crippen LogP contribution >= 0.6 is 0 Å². The van der Waals surface area contributed by atoms with Gasteiger partial charge in [0.05, 0.1) is 19.5 Å². The van der Waals surface area contributed by atoms with E-state index >= 15 is 0 Å². The first-order chi connectivity index (χ1) is 8.31. The van der Waals surface area contributed by atoms with E-state index in [4.69, 9.17) is 14.7 Å². The smallest absolute Gasteiger partial charge is 0.237 e. The lowest BCUT2D eigenvalue weighted by Gasteiger charge is -2.05. The Kier molecular flexibility index (Phi) is 3.17. The highest BCUT2D eigenvalue weighted by molar-refractivity contribution is 5.35. The Morgan fingerprint density at radius 2 is 2.00 bits per heavy atom. The molecule has 5 nitrogen and oxygen atoms in total. The third kappa shape index (κ3) is 2.69. The molecule has 1 heterocycles. The van der Waals surface area contributed by atoms with Crippen molar-refractivity contribution in [3.63, 3.8) is 0 Å². The van der Waals surface area contributed by atoms with Crippen molar-refractivity contribution in [3.8, 4) is 23.4 Å². The molecule has 0 aliphatic heterocycles. The van der Waals surface area contributed by atoms with E-state index in [0.717, 1.165) is 0 Å². The number of benzene rings is 1. The van der Waals surface area contributed by atoms with E-state index in [2.05, 4.69) is 9.97 Å². The Hall–Kier alpha value is -2.61. The summed E-state index contributed by atoms with van der Waals surface area (Å²) in [6, 6.07) is 9.03. The molecule has 1 aromatic carbocycles. The molecule has 0 radical (unpaired) electrons. The minimum absolute atomic E-state index is 0.253. The molecule has 2 aromatic rings. The molecule has 1 aromatic heterocycles. The van der Waals surface area contributed by atoms with Crippen LogP contribution in [-0.4, -0.2) is 17.1 Å². The van der Waals surface area contributed by atoms with Crippen LogP contribution < -0.4 is 9.47 Å². The van der Waals surface area contributed by atoms with Crippen LogP contribution in [0.5, 0.6) is 17.4 Å². The van der Waals surface area contributed by atoms with Gasteiger partial charge in [-0.1, -0.05) is 6.07 Å². The van der Waals surface area contributed by atoms with Crippen LogP contribution in [0.4, 0.5) is 0 Å². The first-order valence-electron chi connectivity index (χ1n) is 4.86. The zero-order valence-corrected chi connectivity index (χ0v) is 9.12. The van der Waals surface area contributed by atoms with E-state index in [1.165, 1.54) is 12.4 Å². The average Bonchev–Trinajstić information content (AvgIpc) is 2.40. The molecule has 0 aliphatic carbocycles. The minimum atomic E-state index is 0.253. The molecule has 17 heavy (non-hydrogen) atoms. The van der Waals surface area contributed by atoms with Gasteiger partial charge in [0.25, 0.3) is 0 Å². The fourth-order valence-corrected chi connectivity index (χ4v) is 1.21. The summed E-state index contributed by atoms with van der Waals surface area (Å²) >= 11 is 0. The zero-order chi connectivity index (χ0) is 12.1. The molecule has 0 saturated heterocycles. The number of hydrogen-bond acceptors (Lipinski definition) is 5. The van der Waals surface area contributed by atoms with Crippen molar-refractivity contribution in [3.05, 3.63) is 42.4 Å². The van der Waals surface area contributed by atoms with Crippen LogP contribution in [0.25, 0.3) is 0 Å². The van der Waals surface area contributed by atoms with Gasteiger partial charge in [0.1, 0.15) is 17.6 Å². The van der Waals surface area contributed by atoms with Gasteiger partial charge in [-0.05, 0) is 12.1 Å². The predicted octanol–water partition coefficient (Wildman–Crippen LogP) is 2.15. The molecule has 0 spiro atoms. The third-order valence-corrected chi connectivity index (χ3v) is 2.01. The van der Waals surface area contributed by atoms with Crippen LogP contribution in [-0.2, 0) is 0 Å². The maximum absolute atomic E-state index is 8.58. The Labute approximate surface area is 98.3 Å². The van der Waals surface area contributed by atoms with Crippen LogP contribution in [0.1, 0.15) is 5.69 Å². The van der Waals surface area contributed by atoms with E-state index < -0.39 is 0 Å². The van der Waals surface area contributed by atoms with Crippen LogP contribution in [0.15, 0.2) is 36.7 Å². The molecule has 0 bridgehead atoms. The number of aromatic nitrogens is 2. The highest BCUT2D eigenvalue weighted by Crippen LogP contribution is 2.23. The van der Waals surface area contributed by atoms with Crippen LogP contribution in [0.3, 0.4) is 0 Å². The van der Waals surface area contributed by atoms with E-state index in [1.807, 2.05) is 18.2 Å². The fraction of sp³-hybridized carbons (Fsp3) is 0.0833. The van der Waals surface area contributed by atoms with Crippen molar-refractivity contribution < 1.29 is 9.47 Å². The zero-order valence-electron chi connectivity index (χ0n) is 9.12. The van der Waals surface area contributed by atoms with Gasteiger partial charge in [-0.2, -0.15) is 5.26 Å². The minimum Gasteiger partial charge on any atom is -0.497 e. The van der Waals surface area contributed by atoms with Crippen molar-refractivity contribution in [1.82, 2.24) is 9.97 Å². The molecule has 84 valence electrons. The van der Waals surface area contributed by atoms with Gasteiger partial charge in [-0.25, -0.2) is 9.97 Å². The summed E-state index contributed by atoms with van der Waals surface area (Å²) in [5.41, 5.74) is 0.253. The van der Waals surface area contributed by atoms with Gasteiger partial charge in [-0.3, -0.25) is 0 Å². The summed E-state index contributed by atoms with van der Waals surface area (Å²) < 4.78 is 10.5. The molecule has 0 N–H and O–H groups in total. The summed E-state index contributed by atoms with van der Waals surface area (Å²) in [5, 5.41) is 8.58. The molecule has 5 heteroatoms. The Balaban J connectivity index is 2.16. The third-order valence-electron chi connectivity index (χ3n) is 2.01. The monoisotopic (exact) mass is 227 g/mol. The molecular weight excluding hydrogens is 218 g/mol. The highest BCUT2D eigenvalue weighted by Gasteiger charge is 2.01. The number of ether oxygens (including phenoxy) is 2. The largest absolute Gasteiger partial charge is 0.497 e. The highest BCUT2D eigenvalue weighted by atomic mass is 16.5. The predicted molar refractivity (Wildman–Crippen MR) is 59.8 cm³/mol. The fourth-order valence-electron chi connectivity index (χ4n) is 1.21. The Bertz CT molecular complexity index is 546. The number of hydrogen-bond donors (Lipinski definition) is 0. The number of nitriles is 1. The van der Waals surface area contributed by atoms with E-state index in [1.54, 1.807) is 19.2 Å². The van der Waals surface area contributed by atoms with Crippen molar-refractivity contribution >= 4 is 0 Å². The van der Waals surface area contributed by atoms with Gasteiger partial charge in [0.15, 0.2) is 5.69 Å². The molecule has 0 atom stereocenters. The summed E-state index contributed by atoms with van der Waals surface area (Å²) in [4.78, 5) is 7.81. The first-order valence-corrected chi connectivity index (χ1v) is 4.86. The number of methoxy groups -OCH3 is 1. The number of nitrogens with zero attached hydrogens (tertiary/aromatic N) is 3. The first kappa shape index (κ1) is 10.9. The average molecular weight is 227 g/mol. The van der Waals surface area contributed by atoms with Gasteiger partial charge < -0.3 is 9.47 Å². The SMILES string of the molecule is COc1cccc(Oc2cnc(C#N)cn2)c1. The summed E-state index contributed by atoms with van der Waals surface area (Å²) in [6.07, 6.45) is 2.76. The molecular formula is C12H9N3O2. The lowest BCUT2D eigenvalue weighted by Crippen LogP contribution is -1.91. The maximum Gasteiger partial charge on any atom is 0.237 e. The van der Waals surface area contributed by atoms with Gasteiger partial charge in [0, 0.05) is 6.07 Å². The van der Waals surface area contributed by atoms with Crippen molar-refractivity contribution in [2.45, 2.75) is 0 Å². The molecule has 0 amide bonds. The summed E-state index contributed by atoms with van der Waals surface area (Å²) in [7, 11) is 1.58. The standard InChI is InChI=1S/C12H9N3O2/c1-16-10-3-2-4-11(5-10)17-12-8-14-9(6-13)7-15-12/h2-5,7-8H,1H3. The van der Waals surface area contributed by atoms with Gasteiger partial charge in [0.2, 0.25) is 5.88 Å². The molecule has 0 aliphatic rings. The lowest BCUT2D eigenvalue weighted by atomic mass is 10.3. The van der Waals surface area contributed by atoms with Crippen LogP contribution in [0, 0.1) is 11.3 Å². The normalized spacial score (nSPS) is 9.41. The Morgan fingerprint density at radius 3 is 2.65 bits per heavy atom. The topological polar surface area (TPSA) is 68.0 Å². The second kappa shape index (κ2) is 4.94. The van der Waals surface area contributed by atoms with Crippen molar-refractivity contribution in [1.29, 1.82) is 5.26 Å². The molecule has 2 rings (SSSR count). The maximum atomic E-state index is 8.58. The number of rotatable bonds is 3. The Morgan fingerprint density at radius 1 is 1.18 bits per heavy atom. The quantitative estimate of drug-likeness (QED) is 0.803. The van der Waals surface area contributed by atoms with Crippen molar-refractivity contribution in [2.75, 3.05) is 7.11 Å². The molecule has 0 saturated carbocycles. The van der Waals surface area contributed by atoms with Gasteiger partial charge >= 0.3 is 0 Å². The van der Waals surface area contributed by atoms with E-state index in [-0.39, 0.29) is 5.69 Å². The van der Waals surface area contributed by atoms with Gasteiger partial charge in [-0.15, -0.1) is 0 Å². The van der Waals surface area contributed by atoms with E-state index in [9.17, 15) is 0 Å². The second-order valence-corrected chi connectivity index (χ2v) is 3.13. The van der Waals surface area contributed by atoms with E-state index in [0.29, 0.717) is 17.4 Å². The molecule has 0 unspecified atom stereocenters. The summed E-state index contributed by atoms with van der Waals surface area (Å²) in [5.74, 6) is 1.63. The van der Waals surface area contributed by atoms with Crippen LogP contribution in [0.2, 0.25) is 0 Å².